The summed E-state index contributed by atoms with van der Waals surface area (Å²) < 4.78 is 63.4. The number of likely N-dealkylation sites (tertiary alicyclic amines) is 1. The lowest BCUT2D eigenvalue weighted by atomic mass is 9.86. The zero-order chi connectivity index (χ0) is 26.0. The zero-order valence-corrected chi connectivity index (χ0v) is 20.5. The van der Waals surface area contributed by atoms with E-state index in [0.717, 1.165) is 49.9 Å². The molecule has 1 aliphatic carbocycles. The van der Waals surface area contributed by atoms with E-state index in [0.29, 0.717) is 39.0 Å². The molecule has 5 rings (SSSR count). The van der Waals surface area contributed by atoms with E-state index in [9.17, 15) is 22.4 Å². The monoisotopic (exact) mass is 522 g/mol. The van der Waals surface area contributed by atoms with Gasteiger partial charge in [-0.1, -0.05) is 12.1 Å². The third-order valence-corrected chi connectivity index (χ3v) is 7.51. The van der Waals surface area contributed by atoms with Crippen LogP contribution in [0.4, 0.5) is 23.6 Å². The molecule has 2 fully saturated rings. The number of piperidine rings is 1. The van der Waals surface area contributed by atoms with Crippen LogP contribution in [0.15, 0.2) is 28.8 Å². The highest BCUT2D eigenvalue weighted by molar-refractivity contribution is 5.81. The van der Waals surface area contributed by atoms with Crippen molar-refractivity contribution in [3.05, 3.63) is 41.5 Å². The van der Waals surface area contributed by atoms with Crippen LogP contribution in [0, 0.1) is 17.7 Å². The maximum absolute atomic E-state index is 14.8. The van der Waals surface area contributed by atoms with Gasteiger partial charge in [0.05, 0.1) is 6.61 Å². The topological polar surface area (TPSA) is 71.7 Å². The minimum atomic E-state index is -4.64. The number of alkyl halides is 3. The number of allylic oxidation sites excluding steroid dienone is 2. The van der Waals surface area contributed by atoms with Crippen molar-refractivity contribution >= 4 is 17.5 Å². The number of carbonyl (C=O) groups is 1. The van der Waals surface area contributed by atoms with Crippen molar-refractivity contribution in [2.45, 2.75) is 51.1 Å². The maximum Gasteiger partial charge on any atom is 0.455 e. The van der Waals surface area contributed by atoms with Crippen molar-refractivity contribution in [1.29, 1.82) is 0 Å². The second kappa shape index (κ2) is 10.7. The molecule has 0 spiro atoms. The fourth-order valence-electron chi connectivity index (χ4n) is 5.29. The summed E-state index contributed by atoms with van der Waals surface area (Å²) in [6.07, 6.45) is 3.08. The van der Waals surface area contributed by atoms with Gasteiger partial charge in [-0.3, -0.25) is 4.79 Å². The highest BCUT2D eigenvalue weighted by atomic mass is 19.4. The highest BCUT2D eigenvalue weighted by Crippen LogP contribution is 2.34. The van der Waals surface area contributed by atoms with Crippen molar-refractivity contribution < 1.29 is 31.6 Å². The summed E-state index contributed by atoms with van der Waals surface area (Å²) in [5.41, 5.74) is 1.86. The molecule has 1 atom stereocenters. The Morgan fingerprint density at radius 3 is 2.49 bits per heavy atom. The Hall–Kier alpha value is -3.11. The molecule has 0 saturated carbocycles. The van der Waals surface area contributed by atoms with Crippen LogP contribution in [-0.2, 0) is 11.0 Å². The summed E-state index contributed by atoms with van der Waals surface area (Å²) in [6, 6.07) is 4.83. The molecule has 0 N–H and O–H groups in total. The number of hydrogen-bond donors (Lipinski definition) is 0. The van der Waals surface area contributed by atoms with E-state index in [2.05, 4.69) is 16.2 Å². The van der Waals surface area contributed by atoms with E-state index in [-0.39, 0.29) is 29.5 Å². The molecule has 0 radical (unpaired) electrons. The SMILES string of the molecule is O=C(C1CC=C(c2ccc(OCC3CCN(c4nc(C(F)(F)F)no4)CC3)c(F)c2)CC1)N1CCCC1. The average molecular weight is 523 g/mol. The largest absolute Gasteiger partial charge is 0.490 e. The minimum Gasteiger partial charge on any atom is -0.490 e. The number of benzene rings is 1. The van der Waals surface area contributed by atoms with Crippen LogP contribution in [-0.4, -0.2) is 53.7 Å². The Balaban J connectivity index is 1.10. The number of ether oxygens (including phenoxy) is 1. The van der Waals surface area contributed by atoms with Gasteiger partial charge < -0.3 is 19.1 Å². The van der Waals surface area contributed by atoms with E-state index < -0.39 is 17.8 Å². The van der Waals surface area contributed by atoms with E-state index in [4.69, 9.17) is 9.26 Å². The van der Waals surface area contributed by atoms with Crippen molar-refractivity contribution in [3.63, 3.8) is 0 Å². The molecule has 1 aromatic carbocycles. The molecule has 2 saturated heterocycles. The normalized spacial score (nSPS) is 21.3. The van der Waals surface area contributed by atoms with Gasteiger partial charge >= 0.3 is 12.2 Å². The van der Waals surface area contributed by atoms with Gasteiger partial charge in [-0.15, -0.1) is 0 Å². The molecule has 2 aliphatic heterocycles. The van der Waals surface area contributed by atoms with Gasteiger partial charge in [-0.05, 0) is 79.3 Å². The van der Waals surface area contributed by atoms with Crippen LogP contribution in [0.25, 0.3) is 5.57 Å². The summed E-state index contributed by atoms with van der Waals surface area (Å²) in [5.74, 6) is -1.14. The van der Waals surface area contributed by atoms with Gasteiger partial charge in [-0.25, -0.2) is 4.39 Å². The van der Waals surface area contributed by atoms with Crippen LogP contribution < -0.4 is 9.64 Å². The maximum atomic E-state index is 14.8. The lowest BCUT2D eigenvalue weighted by molar-refractivity contribution is -0.146. The Morgan fingerprint density at radius 1 is 1.11 bits per heavy atom. The van der Waals surface area contributed by atoms with Gasteiger partial charge in [0.1, 0.15) is 0 Å². The summed E-state index contributed by atoms with van der Waals surface area (Å²) in [4.78, 5) is 19.7. The third kappa shape index (κ3) is 5.91. The first-order valence-electron chi connectivity index (χ1n) is 12.8. The smallest absolute Gasteiger partial charge is 0.455 e. The van der Waals surface area contributed by atoms with Gasteiger partial charge in [0.15, 0.2) is 11.6 Å². The number of anilines is 1. The predicted molar refractivity (Wildman–Crippen MR) is 127 cm³/mol. The van der Waals surface area contributed by atoms with Crippen LogP contribution in [0.2, 0.25) is 0 Å². The molecule has 11 heteroatoms. The van der Waals surface area contributed by atoms with Crippen LogP contribution in [0.3, 0.4) is 0 Å². The summed E-state index contributed by atoms with van der Waals surface area (Å²) in [5, 5.41) is 3.00. The van der Waals surface area contributed by atoms with E-state index in [1.54, 1.807) is 11.0 Å². The summed E-state index contributed by atoms with van der Waals surface area (Å²) >= 11 is 0. The molecular weight excluding hydrogens is 492 g/mol. The Kier molecular flexibility index (Phi) is 7.39. The first-order valence-corrected chi connectivity index (χ1v) is 12.8. The average Bonchev–Trinajstić information content (AvgIpc) is 3.61. The van der Waals surface area contributed by atoms with E-state index in [1.807, 2.05) is 11.0 Å². The molecule has 3 heterocycles. The Labute approximate surface area is 212 Å². The number of aromatic nitrogens is 2. The Morgan fingerprint density at radius 2 is 1.86 bits per heavy atom. The van der Waals surface area contributed by atoms with Crippen molar-refractivity contribution in [2.75, 3.05) is 37.7 Å². The van der Waals surface area contributed by atoms with Crippen LogP contribution >= 0.6 is 0 Å². The molecule has 1 unspecified atom stereocenters. The second-order valence-corrected chi connectivity index (χ2v) is 10.0. The van der Waals surface area contributed by atoms with Crippen molar-refractivity contribution in [2.24, 2.45) is 11.8 Å². The molecule has 200 valence electrons. The fraction of sp³-hybridized carbons (Fsp3) is 0.577. The number of nitrogens with zero attached hydrogens (tertiary/aromatic N) is 4. The molecule has 37 heavy (non-hydrogen) atoms. The first-order chi connectivity index (χ1) is 17.8. The molecule has 1 amide bonds. The minimum absolute atomic E-state index is 0.0206. The van der Waals surface area contributed by atoms with Gasteiger partial charge in [0.2, 0.25) is 5.91 Å². The molecule has 2 aromatic rings. The first kappa shape index (κ1) is 25.5. The molecule has 1 aromatic heterocycles. The van der Waals surface area contributed by atoms with Gasteiger partial charge in [0, 0.05) is 32.1 Å². The molecular formula is C26H30F4N4O3. The third-order valence-electron chi connectivity index (χ3n) is 7.51. The molecule has 0 bridgehead atoms. The number of rotatable bonds is 6. The van der Waals surface area contributed by atoms with E-state index in [1.165, 1.54) is 6.07 Å². The second-order valence-electron chi connectivity index (χ2n) is 10.0. The standard InChI is InChI=1S/C26H30F4N4O3/c27-21-15-20(18-3-5-19(6-4-18)23(35)33-11-1-2-12-33)7-8-22(21)36-16-17-9-13-34(14-10-17)25-31-24(32-37-25)26(28,29)30/h3,7-8,15,17,19H,1-2,4-6,9-14,16H2. The number of hydrogen-bond acceptors (Lipinski definition) is 6. The number of amides is 1. The zero-order valence-electron chi connectivity index (χ0n) is 20.5. The number of carbonyl (C=O) groups excluding carboxylic acids is 1. The number of halogens is 4. The molecule has 3 aliphatic rings. The van der Waals surface area contributed by atoms with E-state index >= 15 is 0 Å². The lowest BCUT2D eigenvalue weighted by Crippen LogP contribution is -2.35. The molecule has 7 nitrogen and oxygen atoms in total. The Bertz CT molecular complexity index is 1140. The highest BCUT2D eigenvalue weighted by Gasteiger charge is 2.38. The summed E-state index contributed by atoms with van der Waals surface area (Å²) in [7, 11) is 0. The quantitative estimate of drug-likeness (QED) is 0.478. The predicted octanol–water partition coefficient (Wildman–Crippen LogP) is 5.33. The van der Waals surface area contributed by atoms with Crippen molar-refractivity contribution in [1.82, 2.24) is 15.0 Å². The fourth-order valence-corrected chi connectivity index (χ4v) is 5.29. The van der Waals surface area contributed by atoms with Gasteiger partial charge in [-0.2, -0.15) is 18.2 Å². The van der Waals surface area contributed by atoms with Crippen LogP contribution in [0.5, 0.6) is 5.75 Å². The van der Waals surface area contributed by atoms with Crippen molar-refractivity contribution in [3.8, 4) is 5.75 Å². The lowest BCUT2D eigenvalue weighted by Gasteiger charge is -2.30. The summed E-state index contributed by atoms with van der Waals surface area (Å²) in [6.45, 7) is 2.93. The van der Waals surface area contributed by atoms with Crippen LogP contribution in [0.1, 0.15) is 56.3 Å². The van der Waals surface area contributed by atoms with Gasteiger partial charge in [0.25, 0.3) is 5.82 Å².